The molecule has 13 unspecified atom stereocenters. The Morgan fingerprint density at radius 3 is 2.10 bits per heavy atom. The van der Waals surface area contributed by atoms with Gasteiger partial charge in [0.05, 0.1) is 0 Å². The zero-order valence-electron chi connectivity index (χ0n) is 28.5. The van der Waals surface area contributed by atoms with Crippen molar-refractivity contribution in [3.8, 4) is 0 Å². The Kier molecular flexibility index (Phi) is 10.1. The van der Waals surface area contributed by atoms with Gasteiger partial charge in [-0.25, -0.2) is 0 Å². The van der Waals surface area contributed by atoms with Gasteiger partial charge in [-0.2, -0.15) is 0 Å². The smallest absolute Gasteiger partial charge is 0.00814 e. The molecule has 39 heavy (non-hydrogen) atoms. The van der Waals surface area contributed by atoms with E-state index >= 15 is 0 Å². The Labute approximate surface area is 259 Å². The highest BCUT2D eigenvalue weighted by Gasteiger charge is 2.71. The van der Waals surface area contributed by atoms with Crippen LogP contribution >= 0.6 is 22.6 Å². The molecule has 4 aliphatic carbocycles. The van der Waals surface area contributed by atoms with Crippen molar-refractivity contribution in [2.24, 2.45) is 87.3 Å². The van der Waals surface area contributed by atoms with Crippen molar-refractivity contribution in [3.05, 3.63) is 0 Å². The number of hydrogen-bond acceptors (Lipinski definition) is 0. The minimum atomic E-state index is 0.435. The summed E-state index contributed by atoms with van der Waals surface area (Å²) in [6, 6.07) is 0. The van der Waals surface area contributed by atoms with Crippen LogP contribution < -0.4 is 0 Å². The lowest BCUT2D eigenvalue weighted by Crippen LogP contribution is -2.70. The number of alkyl halides is 1. The molecule has 4 fully saturated rings. The molecule has 0 N–H and O–H groups in total. The van der Waals surface area contributed by atoms with E-state index in [-0.39, 0.29) is 0 Å². The van der Waals surface area contributed by atoms with Crippen molar-refractivity contribution in [1.82, 2.24) is 0 Å². The predicted molar refractivity (Wildman–Crippen MR) is 181 cm³/mol. The fourth-order valence-corrected chi connectivity index (χ4v) is 14.4. The molecule has 228 valence electrons. The van der Waals surface area contributed by atoms with E-state index in [4.69, 9.17) is 0 Å². The quantitative estimate of drug-likeness (QED) is 0.181. The van der Waals surface area contributed by atoms with Crippen LogP contribution in [0.15, 0.2) is 0 Å². The summed E-state index contributed by atoms with van der Waals surface area (Å²) in [5.41, 5.74) is 1.38. The Morgan fingerprint density at radius 2 is 1.56 bits per heavy atom. The maximum atomic E-state index is 2.87. The molecule has 4 saturated carbocycles. The second-order valence-electron chi connectivity index (χ2n) is 17.1. The van der Waals surface area contributed by atoms with Crippen LogP contribution in [0.1, 0.15) is 147 Å². The molecular formula is C38H69I. The van der Waals surface area contributed by atoms with Crippen LogP contribution in [0.25, 0.3) is 0 Å². The van der Waals surface area contributed by atoms with E-state index in [2.05, 4.69) is 106 Å². The van der Waals surface area contributed by atoms with Crippen LogP contribution in [0.4, 0.5) is 0 Å². The summed E-state index contributed by atoms with van der Waals surface area (Å²) in [5.74, 6) is 10.7. The highest BCUT2D eigenvalue weighted by Crippen LogP contribution is 2.78. The molecule has 4 rings (SSSR count). The second kappa shape index (κ2) is 12.0. The third-order valence-corrected chi connectivity index (χ3v) is 15.9. The SMILES string of the molecule is CCC(C)C1C(CC)C(C(C)C)C2(C)C[C@@]3(C)CC4C(CCC(C)I)CCCC4C(C)C3C(CC)[C@@]2(C)C1C. The number of rotatable bonds is 8. The third kappa shape index (κ3) is 5.05. The molecule has 0 spiro atoms. The van der Waals surface area contributed by atoms with Gasteiger partial charge in [-0.15, -0.1) is 0 Å². The molecule has 0 nitrogen and oxygen atoms in total. The van der Waals surface area contributed by atoms with E-state index in [0.717, 1.165) is 74.9 Å². The average molecular weight is 653 g/mol. The lowest BCUT2D eigenvalue weighted by atomic mass is 9.29. The van der Waals surface area contributed by atoms with Gasteiger partial charge in [-0.1, -0.05) is 138 Å². The summed E-state index contributed by atoms with van der Waals surface area (Å²) in [6.45, 7) is 32.0. The summed E-state index contributed by atoms with van der Waals surface area (Å²) in [5, 5.41) is 0. The fraction of sp³-hybridized carbons (Fsp3) is 1.00. The molecule has 15 atom stereocenters. The molecule has 0 aromatic rings. The Hall–Kier alpha value is 0.730. The summed E-state index contributed by atoms with van der Waals surface area (Å²) in [6.07, 6.45) is 14.6. The fourth-order valence-electron chi connectivity index (χ4n) is 14.0. The summed E-state index contributed by atoms with van der Waals surface area (Å²) in [7, 11) is 0. The maximum absolute atomic E-state index is 2.87. The molecule has 0 aliphatic heterocycles. The largest absolute Gasteiger partial charge is 0.0829 e. The van der Waals surface area contributed by atoms with Gasteiger partial charge in [0, 0.05) is 3.92 Å². The van der Waals surface area contributed by atoms with Crippen molar-refractivity contribution >= 4 is 22.6 Å². The lowest BCUT2D eigenvalue weighted by molar-refractivity contribution is -0.280. The van der Waals surface area contributed by atoms with Gasteiger partial charge < -0.3 is 0 Å². The molecule has 0 amide bonds. The third-order valence-electron chi connectivity index (χ3n) is 15.3. The van der Waals surface area contributed by atoms with Crippen LogP contribution in [0.2, 0.25) is 0 Å². The minimum absolute atomic E-state index is 0.435. The van der Waals surface area contributed by atoms with Crippen molar-refractivity contribution in [2.75, 3.05) is 0 Å². The van der Waals surface area contributed by atoms with E-state index < -0.39 is 0 Å². The van der Waals surface area contributed by atoms with Gasteiger partial charge in [-0.3, -0.25) is 0 Å². The van der Waals surface area contributed by atoms with Crippen LogP contribution in [0.3, 0.4) is 0 Å². The Morgan fingerprint density at radius 1 is 0.897 bits per heavy atom. The molecule has 0 bridgehead atoms. The van der Waals surface area contributed by atoms with Crippen LogP contribution in [0, 0.1) is 87.3 Å². The summed E-state index contributed by atoms with van der Waals surface area (Å²) < 4.78 is 0.825. The highest BCUT2D eigenvalue weighted by molar-refractivity contribution is 14.1. The van der Waals surface area contributed by atoms with E-state index in [1.54, 1.807) is 6.42 Å². The molecule has 0 heterocycles. The van der Waals surface area contributed by atoms with Crippen LogP contribution in [0.5, 0.6) is 0 Å². The second-order valence-corrected chi connectivity index (χ2v) is 19.2. The summed E-state index contributed by atoms with van der Waals surface area (Å²) >= 11 is 2.68. The molecule has 0 radical (unpaired) electrons. The van der Waals surface area contributed by atoms with Crippen molar-refractivity contribution in [1.29, 1.82) is 0 Å². The maximum Gasteiger partial charge on any atom is 0.00814 e. The van der Waals surface area contributed by atoms with E-state index in [1.807, 2.05) is 0 Å². The highest BCUT2D eigenvalue weighted by atomic mass is 127. The number of hydrogen-bond donors (Lipinski definition) is 0. The normalized spacial score (nSPS) is 51.5. The van der Waals surface area contributed by atoms with Gasteiger partial charge in [0.25, 0.3) is 0 Å². The van der Waals surface area contributed by atoms with Gasteiger partial charge in [0.1, 0.15) is 0 Å². The Bertz CT molecular complexity index is 816. The van der Waals surface area contributed by atoms with Crippen molar-refractivity contribution in [3.63, 3.8) is 0 Å². The first-order valence-electron chi connectivity index (χ1n) is 17.9. The molecule has 0 saturated heterocycles. The molecular weight excluding hydrogens is 583 g/mol. The first-order chi connectivity index (χ1) is 18.2. The number of fused-ring (bicyclic) bond motifs is 3. The molecule has 4 aliphatic rings. The van der Waals surface area contributed by atoms with E-state index in [1.165, 1.54) is 57.8 Å². The van der Waals surface area contributed by atoms with Gasteiger partial charge in [0.15, 0.2) is 0 Å². The topological polar surface area (TPSA) is 0 Å². The first-order valence-corrected chi connectivity index (χ1v) is 19.1. The first kappa shape index (κ1) is 32.6. The minimum Gasteiger partial charge on any atom is -0.0829 e. The Balaban J connectivity index is 1.83. The zero-order valence-corrected chi connectivity index (χ0v) is 30.6. The standard InChI is InChI=1S/C38H69I/c1-13-24(6)33-27(9)38(12)32(15-3)35-26(8)30-18-16-17-28(20-19-25(7)39)31(30)21-36(35,10)22-37(38,11)34(23(4)5)29(33)14-2/h23-35H,13-22H2,1-12H3/t24?,25?,26?,27?,28?,29?,30?,31?,32?,33?,34?,35?,36-,37?,38-/m1/s1. The lowest BCUT2D eigenvalue weighted by Gasteiger charge is -2.76. The zero-order chi connectivity index (χ0) is 29.1. The monoisotopic (exact) mass is 652 g/mol. The average Bonchev–Trinajstić information content (AvgIpc) is 2.87. The number of halogens is 1. The van der Waals surface area contributed by atoms with Crippen molar-refractivity contribution < 1.29 is 0 Å². The van der Waals surface area contributed by atoms with Crippen molar-refractivity contribution in [2.45, 2.75) is 151 Å². The van der Waals surface area contributed by atoms with E-state index in [9.17, 15) is 0 Å². The molecule has 0 aromatic heterocycles. The van der Waals surface area contributed by atoms with Gasteiger partial charge in [-0.05, 0) is 119 Å². The molecule has 0 aromatic carbocycles. The van der Waals surface area contributed by atoms with E-state index in [0.29, 0.717) is 16.2 Å². The predicted octanol–water partition coefficient (Wildman–Crippen LogP) is 12.3. The van der Waals surface area contributed by atoms with Gasteiger partial charge >= 0.3 is 0 Å². The summed E-state index contributed by atoms with van der Waals surface area (Å²) in [4.78, 5) is 0. The van der Waals surface area contributed by atoms with Crippen LogP contribution in [-0.2, 0) is 0 Å². The molecule has 1 heteroatoms. The van der Waals surface area contributed by atoms with Gasteiger partial charge in [0.2, 0.25) is 0 Å². The van der Waals surface area contributed by atoms with Crippen LogP contribution in [-0.4, -0.2) is 3.92 Å².